The third kappa shape index (κ3) is 5.21. The molecule has 0 amide bonds. The number of hydrogen-bond acceptors (Lipinski definition) is 1. The Labute approximate surface area is 292 Å². The number of rotatable bonds is 6. The molecule has 0 aromatic heterocycles. The van der Waals surface area contributed by atoms with Crippen molar-refractivity contribution in [3.8, 4) is 61.4 Å². The van der Waals surface area contributed by atoms with Gasteiger partial charge in [-0.3, -0.25) is 0 Å². The van der Waals surface area contributed by atoms with E-state index >= 15 is 0 Å². The van der Waals surface area contributed by atoms with Crippen LogP contribution in [0.2, 0.25) is 0 Å². The smallest absolute Gasteiger partial charge is 0.119 e. The Morgan fingerprint density at radius 2 is 0.780 bits per heavy atom. The molecule has 9 aromatic carbocycles. The molecule has 0 atom stereocenters. The Hall–Kier alpha value is -6.44. The molecule has 0 saturated carbocycles. The van der Waals surface area contributed by atoms with Gasteiger partial charge in [-0.05, 0) is 118 Å². The number of methoxy groups -OCH3 is 1. The molecule has 236 valence electrons. The number of hydrogen-bond donors (Lipinski definition) is 0. The van der Waals surface area contributed by atoms with Crippen molar-refractivity contribution in [3.05, 3.63) is 188 Å². The second-order valence-electron chi connectivity index (χ2n) is 12.8. The molecule has 0 heterocycles. The summed E-state index contributed by atoms with van der Waals surface area (Å²) in [4.78, 5) is 0. The summed E-state index contributed by atoms with van der Waals surface area (Å²) in [6.07, 6.45) is 0. The fourth-order valence-corrected chi connectivity index (χ4v) is 7.55. The van der Waals surface area contributed by atoms with Crippen LogP contribution in [-0.2, 0) is 0 Å². The summed E-state index contributed by atoms with van der Waals surface area (Å²) in [5.74, 6) is 0.848. The second kappa shape index (κ2) is 12.5. The van der Waals surface area contributed by atoms with E-state index < -0.39 is 0 Å². The van der Waals surface area contributed by atoms with Crippen LogP contribution in [0, 0.1) is 0 Å². The van der Waals surface area contributed by atoms with Crippen molar-refractivity contribution in [1.82, 2.24) is 0 Å². The molecule has 0 bridgehead atoms. The van der Waals surface area contributed by atoms with Gasteiger partial charge in [-0.15, -0.1) is 0 Å². The highest BCUT2D eigenvalue weighted by Gasteiger charge is 2.19. The predicted octanol–water partition coefficient (Wildman–Crippen LogP) is 13.5. The van der Waals surface area contributed by atoms with Gasteiger partial charge in [-0.2, -0.15) is 0 Å². The van der Waals surface area contributed by atoms with Crippen molar-refractivity contribution in [2.45, 2.75) is 0 Å². The predicted molar refractivity (Wildman–Crippen MR) is 213 cm³/mol. The Morgan fingerprint density at radius 1 is 0.300 bits per heavy atom. The van der Waals surface area contributed by atoms with Crippen LogP contribution >= 0.6 is 0 Å². The first-order valence-corrected chi connectivity index (χ1v) is 17.1. The van der Waals surface area contributed by atoms with Crippen LogP contribution in [0.5, 0.6) is 5.75 Å². The standard InChI is InChI=1S/C49H34O/c1-50-41-27-28-46-47(32-41)48(44-20-10-11-21-45(44)49(46)43-22-12-18-36-17-8-9-19-42(36)43)37-25-23-35(24-26-37)40-30-38(33-13-4-2-5-14-33)29-39(31-40)34-15-6-3-7-16-34/h2-32H,1H3. The van der Waals surface area contributed by atoms with Gasteiger partial charge in [0, 0.05) is 0 Å². The van der Waals surface area contributed by atoms with Gasteiger partial charge in [0.15, 0.2) is 0 Å². The lowest BCUT2D eigenvalue weighted by Gasteiger charge is -2.19. The van der Waals surface area contributed by atoms with Crippen molar-refractivity contribution in [2.75, 3.05) is 7.11 Å². The van der Waals surface area contributed by atoms with Gasteiger partial charge >= 0.3 is 0 Å². The largest absolute Gasteiger partial charge is 0.497 e. The molecule has 0 aliphatic heterocycles. The van der Waals surface area contributed by atoms with Crippen LogP contribution in [-0.4, -0.2) is 7.11 Å². The van der Waals surface area contributed by atoms with Gasteiger partial charge in [0.25, 0.3) is 0 Å². The Balaban J connectivity index is 1.25. The average Bonchev–Trinajstić information content (AvgIpc) is 3.20. The molecule has 50 heavy (non-hydrogen) atoms. The minimum atomic E-state index is 0.848. The fraction of sp³-hybridized carbons (Fsp3) is 0.0204. The molecular formula is C49H34O. The Morgan fingerprint density at radius 3 is 1.40 bits per heavy atom. The minimum Gasteiger partial charge on any atom is -0.497 e. The second-order valence-corrected chi connectivity index (χ2v) is 12.8. The van der Waals surface area contributed by atoms with E-state index in [1.165, 1.54) is 88.0 Å². The van der Waals surface area contributed by atoms with E-state index in [0.29, 0.717) is 0 Å². The molecule has 0 fully saturated rings. The van der Waals surface area contributed by atoms with E-state index in [4.69, 9.17) is 4.74 Å². The van der Waals surface area contributed by atoms with Gasteiger partial charge < -0.3 is 4.74 Å². The first-order chi connectivity index (χ1) is 24.7. The number of benzene rings is 9. The molecule has 1 heteroatoms. The quantitative estimate of drug-likeness (QED) is 0.165. The summed E-state index contributed by atoms with van der Waals surface area (Å²) in [6, 6.07) is 68.0. The normalized spacial score (nSPS) is 11.3. The fourth-order valence-electron chi connectivity index (χ4n) is 7.55. The molecule has 0 N–H and O–H groups in total. The molecule has 0 saturated heterocycles. The molecular weight excluding hydrogens is 605 g/mol. The van der Waals surface area contributed by atoms with E-state index in [9.17, 15) is 0 Å². The SMILES string of the molecule is COc1ccc2c(-c3cccc4ccccc34)c3ccccc3c(-c3ccc(-c4cc(-c5ccccc5)cc(-c5ccccc5)c4)cc3)c2c1. The lowest BCUT2D eigenvalue weighted by molar-refractivity contribution is 0.415. The van der Waals surface area contributed by atoms with Crippen LogP contribution < -0.4 is 4.74 Å². The monoisotopic (exact) mass is 638 g/mol. The van der Waals surface area contributed by atoms with Crippen LogP contribution in [0.25, 0.3) is 88.0 Å². The maximum absolute atomic E-state index is 5.81. The molecule has 0 spiro atoms. The Kier molecular flexibility index (Phi) is 7.44. The summed E-state index contributed by atoms with van der Waals surface area (Å²) in [6.45, 7) is 0. The molecule has 9 aromatic rings. The van der Waals surface area contributed by atoms with Crippen molar-refractivity contribution in [2.24, 2.45) is 0 Å². The molecule has 9 rings (SSSR count). The van der Waals surface area contributed by atoms with Crippen LogP contribution in [0.3, 0.4) is 0 Å². The molecule has 0 aliphatic rings. The highest BCUT2D eigenvalue weighted by atomic mass is 16.5. The third-order valence-electron chi connectivity index (χ3n) is 9.94. The van der Waals surface area contributed by atoms with Gasteiger partial charge in [-0.25, -0.2) is 0 Å². The Bertz CT molecular complexity index is 2590. The van der Waals surface area contributed by atoms with Crippen LogP contribution in [0.15, 0.2) is 188 Å². The lowest BCUT2D eigenvalue weighted by atomic mass is 9.84. The third-order valence-corrected chi connectivity index (χ3v) is 9.94. The number of fused-ring (bicyclic) bond motifs is 3. The zero-order chi connectivity index (χ0) is 33.4. The van der Waals surface area contributed by atoms with Gasteiger partial charge in [0.05, 0.1) is 7.11 Å². The highest BCUT2D eigenvalue weighted by Crippen LogP contribution is 2.46. The van der Waals surface area contributed by atoms with Crippen molar-refractivity contribution in [3.63, 3.8) is 0 Å². The molecule has 0 unspecified atom stereocenters. The van der Waals surface area contributed by atoms with Crippen LogP contribution in [0.4, 0.5) is 0 Å². The zero-order valence-electron chi connectivity index (χ0n) is 27.8. The number of ether oxygens (including phenoxy) is 1. The summed E-state index contributed by atoms with van der Waals surface area (Å²) in [5, 5.41) is 7.34. The van der Waals surface area contributed by atoms with Gasteiger partial charge in [-0.1, -0.05) is 158 Å². The zero-order valence-corrected chi connectivity index (χ0v) is 27.8. The first-order valence-electron chi connectivity index (χ1n) is 17.1. The summed E-state index contributed by atoms with van der Waals surface area (Å²) >= 11 is 0. The lowest BCUT2D eigenvalue weighted by Crippen LogP contribution is -1.93. The van der Waals surface area contributed by atoms with Gasteiger partial charge in [0.2, 0.25) is 0 Å². The van der Waals surface area contributed by atoms with E-state index in [-0.39, 0.29) is 0 Å². The highest BCUT2D eigenvalue weighted by molar-refractivity contribution is 6.23. The maximum atomic E-state index is 5.81. The minimum absolute atomic E-state index is 0.848. The van der Waals surface area contributed by atoms with E-state index in [0.717, 1.165) is 5.75 Å². The summed E-state index contributed by atoms with van der Waals surface area (Å²) in [7, 11) is 1.75. The first kappa shape index (κ1) is 29.7. The molecule has 0 radical (unpaired) electrons. The average molecular weight is 639 g/mol. The topological polar surface area (TPSA) is 9.23 Å². The summed E-state index contributed by atoms with van der Waals surface area (Å²) in [5.41, 5.74) is 12.1. The maximum Gasteiger partial charge on any atom is 0.119 e. The van der Waals surface area contributed by atoms with Gasteiger partial charge in [0.1, 0.15) is 5.75 Å². The van der Waals surface area contributed by atoms with Crippen molar-refractivity contribution >= 4 is 32.3 Å². The van der Waals surface area contributed by atoms with Crippen LogP contribution in [0.1, 0.15) is 0 Å². The van der Waals surface area contributed by atoms with Crippen molar-refractivity contribution in [1.29, 1.82) is 0 Å². The summed E-state index contributed by atoms with van der Waals surface area (Å²) < 4.78 is 5.81. The van der Waals surface area contributed by atoms with E-state index in [2.05, 4.69) is 188 Å². The van der Waals surface area contributed by atoms with E-state index in [1.54, 1.807) is 7.11 Å². The van der Waals surface area contributed by atoms with Crippen molar-refractivity contribution < 1.29 is 4.74 Å². The molecule has 0 aliphatic carbocycles. The molecule has 1 nitrogen and oxygen atoms in total. The van der Waals surface area contributed by atoms with E-state index in [1.807, 2.05) is 0 Å².